The fraction of sp³-hybridized carbons (Fsp3) is 0.538. The first-order valence-electron chi connectivity index (χ1n) is 6.24. The van der Waals surface area contributed by atoms with Crippen LogP contribution in [0.1, 0.15) is 31.4 Å². The molecule has 0 aliphatic carbocycles. The molecule has 0 amide bonds. The molecule has 4 nitrogen and oxygen atoms in total. The number of unbranched alkanes of at least 4 members (excludes halogenated alkanes) is 1. The fourth-order valence-corrected chi connectivity index (χ4v) is 2.96. The van der Waals surface area contributed by atoms with Gasteiger partial charge in [-0.1, -0.05) is 25.5 Å². The number of benzene rings is 1. The van der Waals surface area contributed by atoms with Crippen molar-refractivity contribution < 1.29 is 17.9 Å². The van der Waals surface area contributed by atoms with Crippen LogP contribution >= 0.6 is 0 Å². The molecule has 0 aliphatic rings. The van der Waals surface area contributed by atoms with Gasteiger partial charge in [-0.15, -0.1) is 0 Å². The molecule has 1 atom stereocenters. The molecule has 0 aliphatic heterocycles. The van der Waals surface area contributed by atoms with Gasteiger partial charge in [0, 0.05) is 13.6 Å². The predicted molar refractivity (Wildman–Crippen MR) is 72.7 cm³/mol. The molecule has 0 bridgehead atoms. The standard InChI is InChI=1S/C13H20FNO3S/c1-3-4-9-19(17,18)15(2)10-13(16)11-5-7-12(14)8-6-11/h5-8,13,16H,3-4,9-10H2,1-2H3. The van der Waals surface area contributed by atoms with Crippen LogP contribution in [0.25, 0.3) is 0 Å². The van der Waals surface area contributed by atoms with Gasteiger partial charge in [0.2, 0.25) is 10.0 Å². The lowest BCUT2D eigenvalue weighted by Gasteiger charge is -2.20. The van der Waals surface area contributed by atoms with Crippen LogP contribution in [0.4, 0.5) is 4.39 Å². The van der Waals surface area contributed by atoms with Gasteiger partial charge >= 0.3 is 0 Å². The van der Waals surface area contributed by atoms with Crippen molar-refractivity contribution in [1.82, 2.24) is 4.31 Å². The molecule has 1 N–H and O–H groups in total. The smallest absolute Gasteiger partial charge is 0.213 e. The van der Waals surface area contributed by atoms with Crippen molar-refractivity contribution in [2.75, 3.05) is 19.3 Å². The zero-order valence-corrected chi connectivity index (χ0v) is 12.0. The minimum atomic E-state index is -3.33. The van der Waals surface area contributed by atoms with Gasteiger partial charge < -0.3 is 5.11 Å². The summed E-state index contributed by atoms with van der Waals surface area (Å²) in [5.74, 6) is -0.310. The Morgan fingerprint density at radius 1 is 1.32 bits per heavy atom. The van der Waals surface area contributed by atoms with Crippen LogP contribution in [-0.2, 0) is 10.0 Å². The van der Waals surface area contributed by atoms with Crippen LogP contribution in [-0.4, -0.2) is 37.2 Å². The molecule has 1 aromatic rings. The third-order valence-corrected chi connectivity index (χ3v) is 4.82. The second kappa shape index (κ2) is 6.98. The van der Waals surface area contributed by atoms with Crippen LogP contribution in [0.15, 0.2) is 24.3 Å². The lowest BCUT2D eigenvalue weighted by Crippen LogP contribution is -2.33. The Hall–Kier alpha value is -0.980. The number of hydrogen-bond acceptors (Lipinski definition) is 3. The van der Waals surface area contributed by atoms with Gasteiger partial charge in [-0.2, -0.15) is 0 Å². The molecule has 0 saturated heterocycles. The maximum Gasteiger partial charge on any atom is 0.213 e. The highest BCUT2D eigenvalue weighted by Crippen LogP contribution is 2.16. The highest BCUT2D eigenvalue weighted by atomic mass is 32.2. The molecule has 108 valence electrons. The summed E-state index contributed by atoms with van der Waals surface area (Å²) < 4.78 is 37.6. The van der Waals surface area contributed by atoms with E-state index in [0.29, 0.717) is 12.0 Å². The quantitative estimate of drug-likeness (QED) is 0.834. The van der Waals surface area contributed by atoms with E-state index in [1.165, 1.54) is 31.3 Å². The van der Waals surface area contributed by atoms with Gasteiger partial charge in [-0.3, -0.25) is 0 Å². The molecular weight excluding hydrogens is 269 g/mol. The average Bonchev–Trinajstić information content (AvgIpc) is 2.37. The van der Waals surface area contributed by atoms with Gasteiger partial charge in [-0.25, -0.2) is 17.1 Å². The topological polar surface area (TPSA) is 57.6 Å². The van der Waals surface area contributed by atoms with Gasteiger partial charge in [-0.05, 0) is 24.1 Å². The summed E-state index contributed by atoms with van der Waals surface area (Å²) >= 11 is 0. The Balaban J connectivity index is 2.65. The number of aliphatic hydroxyl groups is 1. The first-order valence-corrected chi connectivity index (χ1v) is 7.85. The maximum absolute atomic E-state index is 12.8. The fourth-order valence-electron chi connectivity index (χ4n) is 1.63. The van der Waals surface area contributed by atoms with Gasteiger partial charge in [0.1, 0.15) is 5.82 Å². The first-order chi connectivity index (χ1) is 8.86. The number of rotatable bonds is 7. The summed E-state index contributed by atoms with van der Waals surface area (Å²) in [5.41, 5.74) is 0.499. The summed E-state index contributed by atoms with van der Waals surface area (Å²) in [7, 11) is -1.89. The van der Waals surface area contributed by atoms with E-state index in [4.69, 9.17) is 0 Å². The molecule has 1 unspecified atom stereocenters. The molecular formula is C13H20FNO3S. The first kappa shape index (κ1) is 16.1. The van der Waals surface area contributed by atoms with E-state index in [1.54, 1.807) is 0 Å². The van der Waals surface area contributed by atoms with E-state index in [1.807, 2.05) is 6.92 Å². The van der Waals surface area contributed by atoms with Crippen molar-refractivity contribution >= 4 is 10.0 Å². The summed E-state index contributed by atoms with van der Waals surface area (Å²) in [6, 6.07) is 5.38. The lowest BCUT2D eigenvalue weighted by molar-refractivity contribution is 0.155. The van der Waals surface area contributed by atoms with E-state index in [9.17, 15) is 17.9 Å². The Morgan fingerprint density at radius 3 is 2.42 bits per heavy atom. The third-order valence-electron chi connectivity index (χ3n) is 2.92. The lowest BCUT2D eigenvalue weighted by atomic mass is 10.1. The summed E-state index contributed by atoms with van der Waals surface area (Å²) in [6.07, 6.45) is 0.439. The average molecular weight is 289 g/mol. The molecule has 0 radical (unpaired) electrons. The zero-order chi connectivity index (χ0) is 14.5. The second-order valence-electron chi connectivity index (χ2n) is 4.52. The van der Waals surface area contributed by atoms with Crippen molar-refractivity contribution in [3.63, 3.8) is 0 Å². The minimum Gasteiger partial charge on any atom is -0.387 e. The largest absolute Gasteiger partial charge is 0.387 e. The SMILES string of the molecule is CCCCS(=O)(=O)N(C)CC(O)c1ccc(F)cc1. The minimum absolute atomic E-state index is 0.0301. The molecule has 1 rings (SSSR count). The van der Waals surface area contributed by atoms with Crippen molar-refractivity contribution in [2.45, 2.75) is 25.9 Å². The highest BCUT2D eigenvalue weighted by molar-refractivity contribution is 7.89. The van der Waals surface area contributed by atoms with E-state index in [-0.39, 0.29) is 18.1 Å². The molecule has 1 aromatic carbocycles. The third kappa shape index (κ3) is 4.89. The molecule has 0 saturated carbocycles. The number of sulfonamides is 1. The van der Waals surface area contributed by atoms with Gasteiger partial charge in [0.15, 0.2) is 0 Å². The second-order valence-corrected chi connectivity index (χ2v) is 6.71. The summed E-state index contributed by atoms with van der Waals surface area (Å²) in [4.78, 5) is 0. The molecule has 0 heterocycles. The van der Waals surface area contributed by atoms with E-state index in [2.05, 4.69) is 0 Å². The monoisotopic (exact) mass is 289 g/mol. The van der Waals surface area contributed by atoms with Crippen molar-refractivity contribution in [2.24, 2.45) is 0 Å². The zero-order valence-electron chi connectivity index (χ0n) is 11.2. The summed E-state index contributed by atoms with van der Waals surface area (Å²) in [6.45, 7) is 1.89. The Morgan fingerprint density at radius 2 is 1.89 bits per heavy atom. The number of halogens is 1. The number of hydrogen-bond donors (Lipinski definition) is 1. The van der Waals surface area contributed by atoms with E-state index in [0.717, 1.165) is 10.7 Å². The van der Waals surface area contributed by atoms with Gasteiger partial charge in [0.25, 0.3) is 0 Å². The maximum atomic E-state index is 12.8. The number of nitrogens with zero attached hydrogens (tertiary/aromatic N) is 1. The molecule has 6 heteroatoms. The van der Waals surface area contributed by atoms with Crippen molar-refractivity contribution in [3.05, 3.63) is 35.6 Å². The van der Waals surface area contributed by atoms with Crippen LogP contribution in [0.5, 0.6) is 0 Å². The number of aliphatic hydroxyl groups excluding tert-OH is 1. The Kier molecular flexibility index (Phi) is 5.90. The van der Waals surface area contributed by atoms with Crippen LogP contribution in [0.3, 0.4) is 0 Å². The highest BCUT2D eigenvalue weighted by Gasteiger charge is 2.20. The summed E-state index contributed by atoms with van der Waals surface area (Å²) in [5, 5.41) is 9.94. The normalized spacial score (nSPS) is 13.7. The Bertz CT molecular complexity index is 487. The van der Waals surface area contributed by atoms with Crippen LogP contribution in [0, 0.1) is 5.82 Å². The van der Waals surface area contributed by atoms with E-state index < -0.39 is 16.1 Å². The van der Waals surface area contributed by atoms with Crippen LogP contribution < -0.4 is 0 Å². The van der Waals surface area contributed by atoms with Crippen molar-refractivity contribution in [3.8, 4) is 0 Å². The van der Waals surface area contributed by atoms with Crippen molar-refractivity contribution in [1.29, 1.82) is 0 Å². The molecule has 0 fully saturated rings. The van der Waals surface area contributed by atoms with Crippen LogP contribution in [0.2, 0.25) is 0 Å². The molecule has 0 aromatic heterocycles. The molecule has 19 heavy (non-hydrogen) atoms. The number of likely N-dealkylation sites (N-methyl/N-ethyl adjacent to an activating group) is 1. The predicted octanol–water partition coefficient (Wildman–Crippen LogP) is 1.92. The Labute approximate surface area is 113 Å². The van der Waals surface area contributed by atoms with E-state index >= 15 is 0 Å². The molecule has 0 spiro atoms. The van der Waals surface area contributed by atoms with Gasteiger partial charge in [0.05, 0.1) is 11.9 Å².